The number of nitrogens with one attached hydrogen (secondary N) is 2. The number of nitrogens with zero attached hydrogens (tertiary/aromatic N) is 3. The highest BCUT2D eigenvalue weighted by molar-refractivity contribution is 5.98. The van der Waals surface area contributed by atoms with E-state index in [1.54, 1.807) is 18.3 Å². The Hall–Kier alpha value is -4.58. The van der Waals surface area contributed by atoms with Crippen LogP contribution in [0.15, 0.2) is 48.7 Å². The van der Waals surface area contributed by atoms with Crippen molar-refractivity contribution in [3.63, 3.8) is 0 Å². The average Bonchev–Trinajstić information content (AvgIpc) is 3.30. The summed E-state index contributed by atoms with van der Waals surface area (Å²) in [6.45, 7) is 8.65. The van der Waals surface area contributed by atoms with Crippen LogP contribution in [-0.4, -0.2) is 40.8 Å². The maximum absolute atomic E-state index is 14.5. The van der Waals surface area contributed by atoms with E-state index < -0.39 is 11.7 Å². The van der Waals surface area contributed by atoms with Gasteiger partial charge in [0.1, 0.15) is 17.2 Å². The van der Waals surface area contributed by atoms with Gasteiger partial charge in [0.05, 0.1) is 28.6 Å². The lowest BCUT2D eigenvalue weighted by Crippen LogP contribution is -2.46. The van der Waals surface area contributed by atoms with E-state index in [-0.39, 0.29) is 11.9 Å². The summed E-state index contributed by atoms with van der Waals surface area (Å²) in [5, 5.41) is 13.3. The lowest BCUT2D eigenvalue weighted by atomic mass is 9.96. The van der Waals surface area contributed by atoms with Crippen LogP contribution in [0.1, 0.15) is 44.7 Å². The number of halogens is 1. The predicted molar refractivity (Wildman–Crippen MR) is 155 cm³/mol. The SMILES string of the molecule is Cc1cc(F)cc(-c2cnc(N)c(-c3cc4ccc(C#N)cc4[nH]3)c2N2CCC(NC(=O)OC(C)(C)C)CC2)c1. The molecule has 0 radical (unpaired) electrons. The largest absolute Gasteiger partial charge is 0.444 e. The number of aromatic amines is 1. The van der Waals surface area contributed by atoms with E-state index in [1.807, 2.05) is 45.9 Å². The van der Waals surface area contributed by atoms with Crippen molar-refractivity contribution in [3.05, 3.63) is 65.6 Å². The smallest absolute Gasteiger partial charge is 0.407 e. The molecule has 0 aliphatic carbocycles. The molecule has 1 fully saturated rings. The third kappa shape index (κ3) is 5.71. The molecule has 2 aromatic heterocycles. The molecule has 1 aliphatic rings. The number of nitrogens with two attached hydrogens (primary N) is 1. The van der Waals surface area contributed by atoms with Crippen LogP contribution in [0.4, 0.5) is 20.7 Å². The zero-order chi connectivity index (χ0) is 28.6. The molecule has 4 N–H and O–H groups in total. The van der Waals surface area contributed by atoms with Gasteiger partial charge in [-0.1, -0.05) is 12.1 Å². The first kappa shape index (κ1) is 27.0. The van der Waals surface area contributed by atoms with Crippen molar-refractivity contribution in [2.45, 2.75) is 52.2 Å². The van der Waals surface area contributed by atoms with Crippen LogP contribution < -0.4 is 16.0 Å². The highest BCUT2D eigenvalue weighted by atomic mass is 19.1. The zero-order valence-corrected chi connectivity index (χ0v) is 23.1. The van der Waals surface area contributed by atoms with Gasteiger partial charge in [0.15, 0.2) is 0 Å². The van der Waals surface area contributed by atoms with Crippen molar-refractivity contribution < 1.29 is 13.9 Å². The van der Waals surface area contributed by atoms with E-state index in [1.165, 1.54) is 12.1 Å². The van der Waals surface area contributed by atoms with E-state index in [0.29, 0.717) is 48.4 Å². The van der Waals surface area contributed by atoms with Crippen LogP contribution in [0.3, 0.4) is 0 Å². The number of aryl methyl sites for hydroxylation is 1. The number of rotatable bonds is 4. The second kappa shape index (κ2) is 10.5. The lowest BCUT2D eigenvalue weighted by molar-refractivity contribution is 0.0497. The van der Waals surface area contributed by atoms with Gasteiger partial charge in [0.25, 0.3) is 0 Å². The Morgan fingerprint density at radius 2 is 1.95 bits per heavy atom. The quantitative estimate of drug-likeness (QED) is 0.280. The van der Waals surface area contributed by atoms with Crippen LogP contribution in [0, 0.1) is 24.1 Å². The summed E-state index contributed by atoms with van der Waals surface area (Å²) in [7, 11) is 0. The molecule has 40 heavy (non-hydrogen) atoms. The minimum atomic E-state index is -0.570. The summed E-state index contributed by atoms with van der Waals surface area (Å²) < 4.78 is 20.0. The molecule has 1 amide bonds. The van der Waals surface area contributed by atoms with Gasteiger partial charge in [0, 0.05) is 41.8 Å². The third-order valence-electron chi connectivity index (χ3n) is 6.99. The van der Waals surface area contributed by atoms with E-state index >= 15 is 0 Å². The number of ether oxygens (including phenoxy) is 1. The summed E-state index contributed by atoms with van der Waals surface area (Å²) in [6, 6.07) is 14.5. The molecule has 0 spiro atoms. The molecule has 1 saturated heterocycles. The molecule has 2 aromatic carbocycles. The normalized spacial score (nSPS) is 14.2. The molecule has 0 bridgehead atoms. The number of nitriles is 1. The number of benzene rings is 2. The predicted octanol–water partition coefficient (Wildman–Crippen LogP) is 6.29. The van der Waals surface area contributed by atoms with Gasteiger partial charge < -0.3 is 25.7 Å². The maximum Gasteiger partial charge on any atom is 0.407 e. The second-order valence-electron chi connectivity index (χ2n) is 11.3. The van der Waals surface area contributed by atoms with Crippen LogP contribution in [0.5, 0.6) is 0 Å². The molecule has 206 valence electrons. The van der Waals surface area contributed by atoms with E-state index in [2.05, 4.69) is 26.3 Å². The fourth-order valence-electron chi connectivity index (χ4n) is 5.27. The van der Waals surface area contributed by atoms with Gasteiger partial charge in [-0.15, -0.1) is 0 Å². The zero-order valence-electron chi connectivity index (χ0n) is 23.1. The molecule has 4 aromatic rings. The minimum Gasteiger partial charge on any atom is -0.444 e. The molecule has 0 atom stereocenters. The molecule has 5 rings (SSSR count). The summed E-state index contributed by atoms with van der Waals surface area (Å²) >= 11 is 0. The minimum absolute atomic E-state index is 0.0360. The number of aromatic nitrogens is 2. The van der Waals surface area contributed by atoms with Crippen LogP contribution in [-0.2, 0) is 4.74 Å². The van der Waals surface area contributed by atoms with Gasteiger partial charge in [-0.25, -0.2) is 14.2 Å². The van der Waals surface area contributed by atoms with Crippen LogP contribution >= 0.6 is 0 Å². The first-order valence-electron chi connectivity index (χ1n) is 13.3. The van der Waals surface area contributed by atoms with Crippen molar-refractivity contribution in [2.24, 2.45) is 0 Å². The number of H-pyrrole nitrogens is 1. The van der Waals surface area contributed by atoms with Gasteiger partial charge in [0.2, 0.25) is 0 Å². The third-order valence-corrected chi connectivity index (χ3v) is 6.99. The standard InChI is InChI=1S/C31H33FN6O2/c1-18-11-21(14-22(32)12-18)24-17-35-29(34)27(26-15-20-6-5-19(16-33)13-25(20)37-26)28(24)38-9-7-23(8-10-38)36-30(39)40-31(2,3)4/h5-6,11-15,17,23,37H,7-10H2,1-4H3,(H2,34,35)(H,36,39). The van der Waals surface area contributed by atoms with Crippen molar-refractivity contribution in [1.82, 2.24) is 15.3 Å². The second-order valence-corrected chi connectivity index (χ2v) is 11.3. The van der Waals surface area contributed by atoms with Crippen LogP contribution in [0.25, 0.3) is 33.3 Å². The Kier molecular flexibility index (Phi) is 7.11. The van der Waals surface area contributed by atoms with Gasteiger partial charge in [-0.2, -0.15) is 5.26 Å². The lowest BCUT2D eigenvalue weighted by Gasteiger charge is -2.36. The summed E-state index contributed by atoms with van der Waals surface area (Å²) in [6.07, 6.45) is 2.66. The van der Waals surface area contributed by atoms with Gasteiger partial charge in [-0.3, -0.25) is 0 Å². The van der Waals surface area contributed by atoms with E-state index in [4.69, 9.17) is 10.5 Å². The Morgan fingerprint density at radius 1 is 1.20 bits per heavy atom. The first-order chi connectivity index (χ1) is 19.0. The molecule has 0 saturated carbocycles. The number of alkyl carbamates (subject to hydrolysis) is 1. The highest BCUT2D eigenvalue weighted by Crippen LogP contribution is 2.43. The van der Waals surface area contributed by atoms with Crippen molar-refractivity contribution in [1.29, 1.82) is 5.26 Å². The Labute approximate surface area is 233 Å². The number of piperidine rings is 1. The summed E-state index contributed by atoms with van der Waals surface area (Å²) in [5.41, 5.74) is 11.9. The molecular weight excluding hydrogens is 507 g/mol. The molecular formula is C31H33FN6O2. The molecule has 8 nitrogen and oxygen atoms in total. The monoisotopic (exact) mass is 540 g/mol. The topological polar surface area (TPSA) is 120 Å². The molecule has 9 heteroatoms. The number of amides is 1. The number of carbonyl (C=O) groups excluding carboxylic acids is 1. The average molecular weight is 541 g/mol. The van der Waals surface area contributed by atoms with Crippen molar-refractivity contribution >= 4 is 28.5 Å². The summed E-state index contributed by atoms with van der Waals surface area (Å²) in [5.74, 6) is 0.0159. The highest BCUT2D eigenvalue weighted by Gasteiger charge is 2.28. The maximum atomic E-state index is 14.5. The fourth-order valence-corrected chi connectivity index (χ4v) is 5.27. The number of pyridine rings is 1. The number of fused-ring (bicyclic) bond motifs is 1. The Morgan fingerprint density at radius 3 is 2.62 bits per heavy atom. The summed E-state index contributed by atoms with van der Waals surface area (Å²) in [4.78, 5) is 22.5. The van der Waals surface area contributed by atoms with Crippen LogP contribution in [0.2, 0.25) is 0 Å². The first-order valence-corrected chi connectivity index (χ1v) is 13.3. The van der Waals surface area contributed by atoms with Crippen molar-refractivity contribution in [3.8, 4) is 28.5 Å². The Balaban J connectivity index is 1.56. The van der Waals surface area contributed by atoms with Crippen molar-refractivity contribution in [2.75, 3.05) is 23.7 Å². The number of anilines is 2. The van der Waals surface area contributed by atoms with Gasteiger partial charge in [-0.05, 0) is 82.0 Å². The van der Waals surface area contributed by atoms with Gasteiger partial charge >= 0.3 is 6.09 Å². The molecule has 3 heterocycles. The molecule has 0 unspecified atom stereocenters. The molecule has 1 aliphatic heterocycles. The number of carbonyl (C=O) groups is 1. The number of nitrogen functional groups attached to an aromatic ring is 1. The fraction of sp³-hybridized carbons (Fsp3) is 0.323. The number of hydrogen-bond donors (Lipinski definition) is 3. The van der Waals surface area contributed by atoms with E-state index in [9.17, 15) is 14.4 Å². The number of hydrogen-bond acceptors (Lipinski definition) is 6. The van der Waals surface area contributed by atoms with E-state index in [0.717, 1.165) is 33.4 Å². The Bertz CT molecular complexity index is 1600.